The highest BCUT2D eigenvalue weighted by Gasteiger charge is 2.50. The molecule has 1 aliphatic carbocycles. The molecule has 0 heterocycles. The zero-order chi connectivity index (χ0) is 10.1. The number of carbonyl (C=O) groups excluding carboxylic acids is 1. The summed E-state index contributed by atoms with van der Waals surface area (Å²) < 4.78 is 5.52. The molecule has 0 N–H and O–H groups in total. The number of ether oxygens (including phenoxy) is 1. The van der Waals surface area contributed by atoms with Crippen molar-refractivity contribution < 1.29 is 9.53 Å². The van der Waals surface area contributed by atoms with Crippen molar-refractivity contribution >= 4 is 5.97 Å². The van der Waals surface area contributed by atoms with E-state index in [0.717, 1.165) is 19.3 Å². The molecule has 0 aliphatic heterocycles. The maximum absolute atomic E-state index is 11.0. The monoisotopic (exact) mass is 184 g/mol. The van der Waals surface area contributed by atoms with Gasteiger partial charge in [-0.05, 0) is 25.7 Å². The van der Waals surface area contributed by atoms with Crippen molar-refractivity contribution in [2.24, 2.45) is 5.41 Å². The molecule has 1 aliphatic rings. The van der Waals surface area contributed by atoms with Gasteiger partial charge >= 0.3 is 5.97 Å². The first kappa shape index (κ1) is 10.6. The third kappa shape index (κ3) is 1.72. The number of esters is 1. The fraction of sp³-hybridized carbons (Fsp3) is 0.909. The summed E-state index contributed by atoms with van der Waals surface area (Å²) in [5, 5.41) is 0. The van der Waals surface area contributed by atoms with E-state index in [1.54, 1.807) is 0 Å². The Labute approximate surface area is 80.7 Å². The normalized spacial score (nSPS) is 31.7. The van der Waals surface area contributed by atoms with E-state index in [4.69, 9.17) is 4.74 Å². The van der Waals surface area contributed by atoms with Crippen LogP contribution in [0.2, 0.25) is 0 Å². The van der Waals surface area contributed by atoms with Crippen molar-refractivity contribution in [2.45, 2.75) is 59.0 Å². The SMILES string of the molecule is CCC1(OC(C)=O)CCCC1(C)C. The molecule has 2 heteroatoms. The standard InChI is InChI=1S/C11H20O2/c1-5-11(13-9(2)12)8-6-7-10(11,3)4/h5-8H2,1-4H3. The summed E-state index contributed by atoms with van der Waals surface area (Å²) >= 11 is 0. The van der Waals surface area contributed by atoms with Gasteiger partial charge in [0.15, 0.2) is 0 Å². The van der Waals surface area contributed by atoms with Gasteiger partial charge in [0.1, 0.15) is 5.60 Å². The van der Waals surface area contributed by atoms with Crippen molar-refractivity contribution in [3.63, 3.8) is 0 Å². The van der Waals surface area contributed by atoms with E-state index in [2.05, 4.69) is 20.8 Å². The molecule has 0 aromatic rings. The minimum Gasteiger partial charge on any atom is -0.459 e. The molecule has 0 aromatic carbocycles. The molecular formula is C11H20O2. The van der Waals surface area contributed by atoms with Crippen molar-refractivity contribution in [1.29, 1.82) is 0 Å². The smallest absolute Gasteiger partial charge is 0.303 e. The molecule has 76 valence electrons. The van der Waals surface area contributed by atoms with Crippen molar-refractivity contribution in [2.75, 3.05) is 0 Å². The molecular weight excluding hydrogens is 164 g/mol. The molecule has 0 saturated heterocycles. The topological polar surface area (TPSA) is 26.3 Å². The molecule has 1 rings (SSSR count). The van der Waals surface area contributed by atoms with E-state index < -0.39 is 0 Å². The average Bonchev–Trinajstić information content (AvgIpc) is 2.27. The molecule has 1 atom stereocenters. The van der Waals surface area contributed by atoms with Crippen LogP contribution in [0.1, 0.15) is 53.4 Å². The Morgan fingerprint density at radius 2 is 2.00 bits per heavy atom. The van der Waals surface area contributed by atoms with Crippen LogP contribution in [0.3, 0.4) is 0 Å². The Morgan fingerprint density at radius 1 is 1.38 bits per heavy atom. The molecule has 1 unspecified atom stereocenters. The summed E-state index contributed by atoms with van der Waals surface area (Å²) in [7, 11) is 0. The molecule has 2 nitrogen and oxygen atoms in total. The highest BCUT2D eigenvalue weighted by molar-refractivity contribution is 5.66. The van der Waals surface area contributed by atoms with E-state index in [0.29, 0.717) is 0 Å². The van der Waals surface area contributed by atoms with E-state index in [-0.39, 0.29) is 17.0 Å². The zero-order valence-electron chi connectivity index (χ0n) is 9.14. The summed E-state index contributed by atoms with van der Waals surface area (Å²) in [5.74, 6) is -0.142. The van der Waals surface area contributed by atoms with Crippen LogP contribution in [0.25, 0.3) is 0 Å². The van der Waals surface area contributed by atoms with E-state index in [1.165, 1.54) is 13.3 Å². The van der Waals surface area contributed by atoms with Crippen LogP contribution in [0.4, 0.5) is 0 Å². The van der Waals surface area contributed by atoms with Gasteiger partial charge in [0.05, 0.1) is 0 Å². The second-order valence-electron chi connectivity index (χ2n) is 4.68. The number of rotatable bonds is 2. The van der Waals surface area contributed by atoms with Crippen molar-refractivity contribution in [3.8, 4) is 0 Å². The van der Waals surface area contributed by atoms with E-state index in [9.17, 15) is 4.79 Å². The van der Waals surface area contributed by atoms with Gasteiger partial charge in [0.25, 0.3) is 0 Å². The van der Waals surface area contributed by atoms with Gasteiger partial charge in [0.2, 0.25) is 0 Å². The lowest BCUT2D eigenvalue weighted by atomic mass is 9.76. The molecule has 13 heavy (non-hydrogen) atoms. The fourth-order valence-electron chi connectivity index (χ4n) is 2.57. The van der Waals surface area contributed by atoms with E-state index in [1.807, 2.05) is 0 Å². The maximum Gasteiger partial charge on any atom is 0.303 e. The molecule has 0 amide bonds. The number of carbonyl (C=O) groups is 1. The lowest BCUT2D eigenvalue weighted by molar-refractivity contribution is -0.168. The summed E-state index contributed by atoms with van der Waals surface area (Å²) in [6.07, 6.45) is 4.29. The highest BCUT2D eigenvalue weighted by atomic mass is 16.6. The van der Waals surface area contributed by atoms with Gasteiger partial charge < -0.3 is 4.74 Å². The Kier molecular flexibility index (Phi) is 2.69. The number of hydrogen-bond acceptors (Lipinski definition) is 2. The second-order valence-corrected chi connectivity index (χ2v) is 4.68. The Morgan fingerprint density at radius 3 is 2.31 bits per heavy atom. The molecule has 0 spiro atoms. The quantitative estimate of drug-likeness (QED) is 0.617. The van der Waals surface area contributed by atoms with Crippen LogP contribution in [0.15, 0.2) is 0 Å². The van der Waals surface area contributed by atoms with Gasteiger partial charge in [-0.3, -0.25) is 4.79 Å². The van der Waals surface area contributed by atoms with Crippen LogP contribution in [0, 0.1) is 5.41 Å². The molecule has 1 saturated carbocycles. The summed E-state index contributed by atoms with van der Waals surface area (Å²) in [6.45, 7) is 8.01. The first-order valence-corrected chi connectivity index (χ1v) is 5.13. The first-order valence-electron chi connectivity index (χ1n) is 5.13. The molecule has 0 bridgehead atoms. The lowest BCUT2D eigenvalue weighted by Crippen LogP contribution is -2.43. The molecule has 0 aromatic heterocycles. The van der Waals surface area contributed by atoms with Gasteiger partial charge in [-0.25, -0.2) is 0 Å². The number of hydrogen-bond donors (Lipinski definition) is 0. The molecule has 0 radical (unpaired) electrons. The zero-order valence-corrected chi connectivity index (χ0v) is 9.14. The Hall–Kier alpha value is -0.530. The fourth-order valence-corrected chi connectivity index (χ4v) is 2.57. The van der Waals surface area contributed by atoms with E-state index >= 15 is 0 Å². The minimum absolute atomic E-state index is 0.142. The molecule has 1 fully saturated rings. The van der Waals surface area contributed by atoms with Crippen LogP contribution in [-0.4, -0.2) is 11.6 Å². The van der Waals surface area contributed by atoms with Crippen molar-refractivity contribution in [3.05, 3.63) is 0 Å². The predicted octanol–water partition coefficient (Wildman–Crippen LogP) is 2.91. The maximum atomic E-state index is 11.0. The largest absolute Gasteiger partial charge is 0.459 e. The van der Waals surface area contributed by atoms with Gasteiger partial charge in [-0.15, -0.1) is 0 Å². The third-order valence-corrected chi connectivity index (χ3v) is 3.53. The highest BCUT2D eigenvalue weighted by Crippen LogP contribution is 2.50. The summed E-state index contributed by atoms with van der Waals surface area (Å²) in [6, 6.07) is 0. The van der Waals surface area contributed by atoms with Crippen LogP contribution >= 0.6 is 0 Å². The van der Waals surface area contributed by atoms with Gasteiger partial charge in [-0.2, -0.15) is 0 Å². The van der Waals surface area contributed by atoms with Gasteiger partial charge in [-0.1, -0.05) is 20.8 Å². The van der Waals surface area contributed by atoms with Crippen LogP contribution in [-0.2, 0) is 9.53 Å². The predicted molar refractivity (Wildman–Crippen MR) is 52.4 cm³/mol. The Bertz CT molecular complexity index is 208. The van der Waals surface area contributed by atoms with Gasteiger partial charge in [0, 0.05) is 12.3 Å². The first-order chi connectivity index (χ1) is 5.93. The summed E-state index contributed by atoms with van der Waals surface area (Å²) in [5.41, 5.74) is -0.0494. The minimum atomic E-state index is -0.196. The summed E-state index contributed by atoms with van der Waals surface area (Å²) in [4.78, 5) is 11.0. The lowest BCUT2D eigenvalue weighted by Gasteiger charge is -2.40. The second kappa shape index (κ2) is 3.32. The third-order valence-electron chi connectivity index (χ3n) is 3.53. The van der Waals surface area contributed by atoms with Crippen LogP contribution in [0.5, 0.6) is 0 Å². The van der Waals surface area contributed by atoms with Crippen molar-refractivity contribution in [1.82, 2.24) is 0 Å². The van der Waals surface area contributed by atoms with Crippen LogP contribution < -0.4 is 0 Å². The average molecular weight is 184 g/mol. The Balaban J connectivity index is 2.85.